The number of carboxylic acids is 1. The van der Waals surface area contributed by atoms with Crippen LogP contribution in [0.2, 0.25) is 0 Å². The zero-order chi connectivity index (χ0) is 9.14. The lowest BCUT2D eigenvalue weighted by Gasteiger charge is -1.89. The molecule has 0 heterocycles. The van der Waals surface area contributed by atoms with Gasteiger partial charge in [0.05, 0.1) is 10.5 Å². The standard InChI is InChI=1S/C7H5NO4/c9-7(10)5-1-3-6(4-2-5)8(11)12/h1-4H,(H-,9,10,11,12)/p+1. The van der Waals surface area contributed by atoms with Crippen LogP contribution in [0, 0.1) is 4.91 Å². The van der Waals surface area contributed by atoms with Gasteiger partial charge in [0, 0.05) is 12.1 Å². The fraction of sp³-hybridized carbons (Fsp3) is 0. The minimum Gasteiger partial charge on any atom is -0.478 e. The van der Waals surface area contributed by atoms with Crippen LogP contribution in [0.3, 0.4) is 0 Å². The Labute approximate surface area is 67.4 Å². The normalized spacial score (nSPS) is 9.33. The third-order valence-electron chi connectivity index (χ3n) is 1.34. The van der Waals surface area contributed by atoms with Crippen molar-refractivity contribution in [2.45, 2.75) is 0 Å². The molecule has 0 aliphatic heterocycles. The second-order valence-electron chi connectivity index (χ2n) is 2.12. The van der Waals surface area contributed by atoms with Gasteiger partial charge in [0.1, 0.15) is 0 Å². The molecule has 0 saturated carbocycles. The number of carbonyl (C=O) groups is 1. The largest absolute Gasteiger partial charge is 0.478 e. The third-order valence-corrected chi connectivity index (χ3v) is 1.34. The molecule has 0 aliphatic rings. The van der Waals surface area contributed by atoms with Crippen LogP contribution in [0.1, 0.15) is 10.4 Å². The SMILES string of the molecule is O=C(O)c1ccc([N+](=O)O)cc1. The molecule has 0 atom stereocenters. The Bertz CT molecular complexity index is 284. The molecule has 2 N–H and O–H groups in total. The Hall–Kier alpha value is -1.91. The highest BCUT2D eigenvalue weighted by Gasteiger charge is 2.11. The Morgan fingerprint density at radius 2 is 1.75 bits per heavy atom. The van der Waals surface area contributed by atoms with Gasteiger partial charge < -0.3 is 5.11 Å². The number of carboxylic acid groups (broad SMARTS) is 1. The summed E-state index contributed by atoms with van der Waals surface area (Å²) in [5, 5.41) is 16.8. The van der Waals surface area contributed by atoms with E-state index >= 15 is 0 Å². The summed E-state index contributed by atoms with van der Waals surface area (Å²) >= 11 is 0. The summed E-state index contributed by atoms with van der Waals surface area (Å²) in [4.78, 5) is 20.3. The van der Waals surface area contributed by atoms with Gasteiger partial charge >= 0.3 is 11.7 Å². The summed E-state index contributed by atoms with van der Waals surface area (Å²) in [7, 11) is 0. The number of benzene rings is 1. The lowest BCUT2D eigenvalue weighted by atomic mass is 10.2. The van der Waals surface area contributed by atoms with Crippen molar-refractivity contribution in [3.05, 3.63) is 34.7 Å². The highest BCUT2D eigenvalue weighted by atomic mass is 16.6. The van der Waals surface area contributed by atoms with E-state index in [0.717, 1.165) is 0 Å². The van der Waals surface area contributed by atoms with E-state index in [2.05, 4.69) is 0 Å². The third kappa shape index (κ3) is 1.57. The lowest BCUT2D eigenvalue weighted by Crippen LogP contribution is -1.97. The number of nitrogens with zero attached hydrogens (tertiary/aromatic N) is 1. The maximum atomic E-state index is 10.3. The van der Waals surface area contributed by atoms with Crippen LogP contribution in [0.15, 0.2) is 24.3 Å². The molecule has 1 aromatic carbocycles. The van der Waals surface area contributed by atoms with E-state index < -0.39 is 5.97 Å². The molecule has 62 valence electrons. The molecule has 0 spiro atoms. The number of aromatic carboxylic acids is 1. The van der Waals surface area contributed by atoms with Crippen LogP contribution < -0.4 is 0 Å². The molecule has 1 rings (SSSR count). The molecule has 12 heavy (non-hydrogen) atoms. The first-order chi connectivity index (χ1) is 5.61. The quantitative estimate of drug-likeness (QED) is 0.650. The molecule has 0 amide bonds. The average molecular weight is 168 g/mol. The summed E-state index contributed by atoms with van der Waals surface area (Å²) in [5.74, 6) is -1.07. The van der Waals surface area contributed by atoms with Crippen molar-refractivity contribution >= 4 is 11.7 Å². The first-order valence-corrected chi connectivity index (χ1v) is 3.11. The lowest BCUT2D eigenvalue weighted by molar-refractivity contribution is -0.729. The van der Waals surface area contributed by atoms with E-state index in [1.54, 1.807) is 0 Å². The highest BCUT2D eigenvalue weighted by Crippen LogP contribution is 2.10. The number of rotatable bonds is 2. The van der Waals surface area contributed by atoms with Crippen molar-refractivity contribution in [3.63, 3.8) is 0 Å². The summed E-state index contributed by atoms with van der Waals surface area (Å²) in [6.07, 6.45) is 0. The van der Waals surface area contributed by atoms with Crippen LogP contribution >= 0.6 is 0 Å². The van der Waals surface area contributed by atoms with Crippen molar-refractivity contribution in [1.29, 1.82) is 0 Å². The molecule has 0 bridgehead atoms. The van der Waals surface area contributed by atoms with E-state index in [1.807, 2.05) is 0 Å². The molecule has 0 saturated heterocycles. The highest BCUT2D eigenvalue weighted by molar-refractivity contribution is 5.87. The van der Waals surface area contributed by atoms with E-state index in [-0.39, 0.29) is 16.2 Å². The van der Waals surface area contributed by atoms with Crippen LogP contribution in [0.25, 0.3) is 0 Å². The van der Waals surface area contributed by atoms with Gasteiger partial charge in [-0.3, -0.25) is 0 Å². The monoisotopic (exact) mass is 168 g/mol. The molecule has 0 fully saturated rings. The molecule has 1 aromatic rings. The van der Waals surface area contributed by atoms with Gasteiger partial charge in [-0.15, -0.1) is 0 Å². The second kappa shape index (κ2) is 3.00. The summed E-state index contributed by atoms with van der Waals surface area (Å²) in [5.41, 5.74) is 0.0700. The molecular weight excluding hydrogens is 162 g/mol. The molecular formula is C7H6NO4+. The van der Waals surface area contributed by atoms with E-state index in [1.165, 1.54) is 24.3 Å². The van der Waals surface area contributed by atoms with Gasteiger partial charge in [-0.25, -0.2) is 10.0 Å². The molecule has 0 unspecified atom stereocenters. The molecule has 0 aliphatic carbocycles. The number of hydrogen-bond acceptors (Lipinski definition) is 2. The Kier molecular flexibility index (Phi) is 2.05. The Balaban J connectivity index is 3.01. The first-order valence-electron chi connectivity index (χ1n) is 3.11. The van der Waals surface area contributed by atoms with Gasteiger partial charge in [0.25, 0.3) is 4.92 Å². The molecule has 5 nitrogen and oxygen atoms in total. The summed E-state index contributed by atoms with van der Waals surface area (Å²) < 4.78 is 0. The summed E-state index contributed by atoms with van der Waals surface area (Å²) in [6, 6.07) is 4.91. The fourth-order valence-corrected chi connectivity index (χ4v) is 0.732. The fourth-order valence-electron chi connectivity index (χ4n) is 0.732. The minimum absolute atomic E-state index is 0.000000000000000444. The van der Waals surface area contributed by atoms with E-state index in [4.69, 9.17) is 10.3 Å². The molecule has 0 aromatic heterocycles. The van der Waals surface area contributed by atoms with Gasteiger partial charge in [-0.2, -0.15) is 0 Å². The maximum Gasteiger partial charge on any atom is 0.335 e. The number of hydrogen-bond donors (Lipinski definition) is 2. The van der Waals surface area contributed by atoms with Gasteiger partial charge in [0.2, 0.25) is 0 Å². The van der Waals surface area contributed by atoms with Gasteiger partial charge in [0.15, 0.2) is 0 Å². The van der Waals surface area contributed by atoms with Crippen LogP contribution in [-0.4, -0.2) is 21.2 Å². The smallest absolute Gasteiger partial charge is 0.335 e. The van der Waals surface area contributed by atoms with Crippen molar-refractivity contribution in [3.8, 4) is 0 Å². The van der Waals surface area contributed by atoms with Gasteiger partial charge in [-0.05, 0) is 12.1 Å². The zero-order valence-electron chi connectivity index (χ0n) is 5.97. The van der Waals surface area contributed by atoms with Crippen LogP contribution in [0.4, 0.5) is 5.69 Å². The second-order valence-corrected chi connectivity index (χ2v) is 2.12. The Morgan fingerprint density at radius 3 is 2.08 bits per heavy atom. The topological polar surface area (TPSA) is 77.6 Å². The predicted molar refractivity (Wildman–Crippen MR) is 38.5 cm³/mol. The van der Waals surface area contributed by atoms with E-state index in [0.29, 0.717) is 0 Å². The van der Waals surface area contributed by atoms with E-state index in [9.17, 15) is 9.70 Å². The maximum absolute atomic E-state index is 10.3. The van der Waals surface area contributed by atoms with Crippen LogP contribution in [-0.2, 0) is 0 Å². The average Bonchev–Trinajstić information content (AvgIpc) is 2.04. The van der Waals surface area contributed by atoms with Gasteiger partial charge in [-0.1, -0.05) is 0 Å². The summed E-state index contributed by atoms with van der Waals surface area (Å²) in [6.45, 7) is 0. The van der Waals surface area contributed by atoms with Crippen molar-refractivity contribution < 1.29 is 20.0 Å². The van der Waals surface area contributed by atoms with Crippen molar-refractivity contribution in [1.82, 2.24) is 0 Å². The molecule has 0 radical (unpaired) electrons. The molecule has 5 heteroatoms. The zero-order valence-corrected chi connectivity index (χ0v) is 5.97. The Morgan fingerprint density at radius 1 is 1.25 bits per heavy atom. The minimum atomic E-state index is -1.07. The van der Waals surface area contributed by atoms with Crippen molar-refractivity contribution in [2.24, 2.45) is 0 Å². The first kappa shape index (κ1) is 8.19. The predicted octanol–water partition coefficient (Wildman–Crippen LogP) is 1.18. The van der Waals surface area contributed by atoms with Crippen molar-refractivity contribution in [2.75, 3.05) is 0 Å². The van der Waals surface area contributed by atoms with Crippen LogP contribution in [0.5, 0.6) is 0 Å².